The summed E-state index contributed by atoms with van der Waals surface area (Å²) >= 11 is 0. The molecule has 0 aromatic heterocycles. The van der Waals surface area contributed by atoms with Gasteiger partial charge in [-0.2, -0.15) is 0 Å². The number of rotatable bonds is 6. The molecule has 1 saturated heterocycles. The third kappa shape index (κ3) is 9.17. The van der Waals surface area contributed by atoms with Crippen LogP contribution in [-0.4, -0.2) is 82.1 Å². The minimum Gasteiger partial charge on any atom is -0.444 e. The molecule has 0 bridgehead atoms. The van der Waals surface area contributed by atoms with Gasteiger partial charge in [0.15, 0.2) is 0 Å². The summed E-state index contributed by atoms with van der Waals surface area (Å²) in [4.78, 5) is 71.5. The first-order valence-corrected chi connectivity index (χ1v) is 18.7. The van der Waals surface area contributed by atoms with Crippen LogP contribution in [0, 0.1) is 11.7 Å². The van der Waals surface area contributed by atoms with E-state index in [2.05, 4.69) is 16.0 Å². The van der Waals surface area contributed by atoms with Gasteiger partial charge in [0.1, 0.15) is 35.1 Å². The quantitative estimate of drug-likeness (QED) is 0.359. The van der Waals surface area contributed by atoms with Crippen molar-refractivity contribution in [3.05, 3.63) is 83.2 Å². The Labute approximate surface area is 309 Å². The molecule has 1 aliphatic carbocycles. The molecule has 2 aromatic carbocycles. The maximum absolute atomic E-state index is 14.4. The predicted octanol–water partition coefficient (Wildman–Crippen LogP) is 4.89. The van der Waals surface area contributed by atoms with Crippen molar-refractivity contribution in [2.45, 2.75) is 115 Å². The highest BCUT2D eigenvalue weighted by Gasteiger charge is 2.61. The predicted molar refractivity (Wildman–Crippen MR) is 194 cm³/mol. The van der Waals surface area contributed by atoms with E-state index in [0.717, 1.165) is 24.8 Å². The summed E-state index contributed by atoms with van der Waals surface area (Å²) in [7, 11) is 0. The first kappa shape index (κ1) is 37.8. The number of hydrogen-bond donors (Lipinski definition) is 3. The molecule has 0 spiro atoms. The summed E-state index contributed by atoms with van der Waals surface area (Å²) in [5.41, 5.74) is 0.181. The minimum absolute atomic E-state index is 0.0240. The summed E-state index contributed by atoms with van der Waals surface area (Å²) in [6, 6.07) is 12.4. The molecular weight excluding hydrogens is 681 g/mol. The van der Waals surface area contributed by atoms with Gasteiger partial charge >= 0.3 is 12.2 Å². The van der Waals surface area contributed by atoms with Gasteiger partial charge < -0.3 is 30.3 Å². The zero-order valence-electron chi connectivity index (χ0n) is 30.7. The summed E-state index contributed by atoms with van der Waals surface area (Å²) < 4.78 is 25.8. The van der Waals surface area contributed by atoms with Crippen LogP contribution in [0.4, 0.5) is 14.0 Å². The van der Waals surface area contributed by atoms with Gasteiger partial charge in [-0.1, -0.05) is 67.5 Å². The Hall–Kier alpha value is -4.94. The fraction of sp³-hybridized carbons (Fsp3) is 0.525. The van der Waals surface area contributed by atoms with Crippen LogP contribution in [0.15, 0.2) is 60.7 Å². The molecule has 12 nitrogen and oxygen atoms in total. The van der Waals surface area contributed by atoms with Crippen molar-refractivity contribution in [2.75, 3.05) is 13.1 Å². The highest BCUT2D eigenvalue weighted by Crippen LogP contribution is 2.45. The molecule has 3 N–H and O–H groups in total. The highest BCUT2D eigenvalue weighted by molar-refractivity contribution is 5.98. The largest absolute Gasteiger partial charge is 0.444 e. The Morgan fingerprint density at radius 2 is 1.81 bits per heavy atom. The third-order valence-electron chi connectivity index (χ3n) is 10.3. The number of amides is 5. The molecule has 284 valence electrons. The van der Waals surface area contributed by atoms with Crippen LogP contribution in [0.2, 0.25) is 0 Å². The average Bonchev–Trinajstić information content (AvgIpc) is 3.40. The summed E-state index contributed by atoms with van der Waals surface area (Å²) in [6.07, 6.45) is 6.05. The summed E-state index contributed by atoms with van der Waals surface area (Å²) in [6.45, 7) is 5.66. The Bertz CT molecular complexity index is 1730. The SMILES string of the molecule is CC(C)(C)OC(=O)NC1CCCCC/C=C\C2CC2(C(=O)NCCc2ccccc2)NC(=O)[C@@H]2CC(OC(=O)N3Cc4cccc(F)c4C3)CN2C1=O. The standard InChI is InChI=1S/C40H50FN5O7/c1-39(2,3)53-37(50)43-32-18-11-6-4-5-10-16-28-22-40(28,36(49)42-20-19-26-13-8-7-9-14-26)44-34(47)33-21-29(24-46(33)35(32)48)52-38(51)45-23-27-15-12-17-31(41)30(27)25-45/h7-10,12-17,28-29,32-33H,4-6,11,18-25H2,1-3H3,(H,42,49)(H,43,50)(H,44,47)/b16-10-/t28?,29?,32?,33-,40?/m0/s1. The van der Waals surface area contributed by atoms with Crippen LogP contribution in [0.5, 0.6) is 0 Å². The van der Waals surface area contributed by atoms with Crippen molar-refractivity contribution in [2.24, 2.45) is 5.92 Å². The van der Waals surface area contributed by atoms with Crippen LogP contribution in [-0.2, 0) is 43.4 Å². The van der Waals surface area contributed by atoms with Crippen LogP contribution >= 0.6 is 0 Å². The van der Waals surface area contributed by atoms with Gasteiger partial charge in [-0.3, -0.25) is 19.3 Å². The van der Waals surface area contributed by atoms with Gasteiger partial charge in [-0.05, 0) is 70.1 Å². The van der Waals surface area contributed by atoms with E-state index in [1.165, 1.54) is 15.9 Å². The van der Waals surface area contributed by atoms with E-state index >= 15 is 0 Å². The lowest BCUT2D eigenvalue weighted by molar-refractivity contribution is -0.141. The zero-order valence-corrected chi connectivity index (χ0v) is 30.7. The van der Waals surface area contributed by atoms with Crippen LogP contribution < -0.4 is 16.0 Å². The van der Waals surface area contributed by atoms with Crippen molar-refractivity contribution in [3.63, 3.8) is 0 Å². The van der Waals surface area contributed by atoms with Crippen molar-refractivity contribution in [3.8, 4) is 0 Å². The van der Waals surface area contributed by atoms with E-state index in [0.29, 0.717) is 43.4 Å². The van der Waals surface area contributed by atoms with Gasteiger partial charge in [0.2, 0.25) is 17.7 Å². The number of halogens is 1. The number of alkyl carbamates (subject to hydrolysis) is 1. The van der Waals surface area contributed by atoms with Crippen molar-refractivity contribution in [1.82, 2.24) is 25.8 Å². The van der Waals surface area contributed by atoms with Crippen LogP contribution in [0.3, 0.4) is 0 Å². The van der Waals surface area contributed by atoms with E-state index in [1.807, 2.05) is 42.5 Å². The number of carbonyl (C=O) groups is 5. The molecule has 53 heavy (non-hydrogen) atoms. The van der Waals surface area contributed by atoms with E-state index < -0.39 is 59.1 Å². The smallest absolute Gasteiger partial charge is 0.410 e. The number of hydrogen-bond acceptors (Lipinski definition) is 7. The number of benzene rings is 2. The average molecular weight is 732 g/mol. The second kappa shape index (κ2) is 16.0. The molecule has 1 saturated carbocycles. The lowest BCUT2D eigenvalue weighted by Gasteiger charge is -2.30. The second-order valence-corrected chi connectivity index (χ2v) is 15.5. The first-order chi connectivity index (χ1) is 25.3. The van der Waals surface area contributed by atoms with Crippen molar-refractivity contribution >= 4 is 29.9 Å². The topological polar surface area (TPSA) is 146 Å². The lowest BCUT2D eigenvalue weighted by atomic mass is 10.0. The lowest BCUT2D eigenvalue weighted by Crippen LogP contribution is -2.58. The monoisotopic (exact) mass is 731 g/mol. The third-order valence-corrected chi connectivity index (χ3v) is 10.3. The molecule has 2 fully saturated rings. The maximum Gasteiger partial charge on any atom is 0.410 e. The van der Waals surface area contributed by atoms with Crippen molar-refractivity contribution < 1.29 is 37.8 Å². The van der Waals surface area contributed by atoms with E-state index in [1.54, 1.807) is 32.9 Å². The van der Waals surface area contributed by atoms with Gasteiger partial charge in [-0.15, -0.1) is 0 Å². The fourth-order valence-electron chi connectivity index (χ4n) is 7.47. The Morgan fingerprint density at radius 1 is 1.02 bits per heavy atom. The second-order valence-electron chi connectivity index (χ2n) is 15.5. The van der Waals surface area contributed by atoms with E-state index in [-0.39, 0.29) is 37.9 Å². The summed E-state index contributed by atoms with van der Waals surface area (Å²) in [5.74, 6) is -1.99. The number of ether oxygens (including phenoxy) is 2. The molecule has 5 atom stereocenters. The molecule has 4 unspecified atom stereocenters. The van der Waals surface area contributed by atoms with Crippen LogP contribution in [0.25, 0.3) is 0 Å². The van der Waals surface area contributed by atoms with E-state index in [4.69, 9.17) is 9.47 Å². The Kier molecular flexibility index (Phi) is 11.4. The molecule has 3 aliphatic heterocycles. The number of nitrogens with one attached hydrogen (secondary N) is 3. The van der Waals surface area contributed by atoms with Gasteiger partial charge in [0, 0.05) is 31.0 Å². The van der Waals surface area contributed by atoms with Crippen LogP contribution in [0.1, 0.15) is 82.4 Å². The number of allylic oxidation sites excluding steroid dienone is 1. The zero-order chi connectivity index (χ0) is 37.8. The molecule has 2 aromatic rings. The maximum atomic E-state index is 14.4. The first-order valence-electron chi connectivity index (χ1n) is 18.7. The Balaban J connectivity index is 1.22. The molecule has 4 aliphatic rings. The molecule has 13 heteroatoms. The molecule has 3 heterocycles. The van der Waals surface area contributed by atoms with Crippen molar-refractivity contribution in [1.29, 1.82) is 0 Å². The molecule has 5 amide bonds. The number of nitrogens with zero attached hydrogens (tertiary/aromatic N) is 2. The molecule has 0 radical (unpaired) electrons. The number of fused-ring (bicyclic) bond motifs is 3. The number of carbonyl (C=O) groups excluding carboxylic acids is 5. The Morgan fingerprint density at radius 3 is 2.57 bits per heavy atom. The molecule has 6 rings (SSSR count). The fourth-order valence-corrected chi connectivity index (χ4v) is 7.47. The van der Waals surface area contributed by atoms with Gasteiger partial charge in [0.25, 0.3) is 0 Å². The molecular formula is C40H50FN5O7. The van der Waals surface area contributed by atoms with Gasteiger partial charge in [0.05, 0.1) is 13.1 Å². The van der Waals surface area contributed by atoms with E-state index in [9.17, 15) is 28.4 Å². The normalized spacial score (nSPS) is 26.5. The highest BCUT2D eigenvalue weighted by atomic mass is 19.1. The van der Waals surface area contributed by atoms with Gasteiger partial charge in [-0.25, -0.2) is 14.0 Å². The summed E-state index contributed by atoms with van der Waals surface area (Å²) in [5, 5.41) is 8.75. The minimum atomic E-state index is -1.20.